The molecule has 31 heavy (non-hydrogen) atoms. The van der Waals surface area contributed by atoms with Gasteiger partial charge >= 0.3 is 6.03 Å². The summed E-state index contributed by atoms with van der Waals surface area (Å²) >= 11 is 0. The number of hydrogen-bond donors (Lipinski definition) is 2. The van der Waals surface area contributed by atoms with Crippen molar-refractivity contribution in [2.75, 3.05) is 12.4 Å². The zero-order chi connectivity index (χ0) is 21.6. The number of nitrogens with one attached hydrogen (secondary N) is 2. The Hall–Kier alpha value is -4.06. The molecule has 3 aromatic carbocycles. The minimum absolute atomic E-state index is 0.313. The Morgan fingerprint density at radius 2 is 1.68 bits per heavy atom. The van der Waals surface area contributed by atoms with E-state index in [4.69, 9.17) is 9.84 Å². The molecule has 1 heterocycles. The van der Waals surface area contributed by atoms with Crippen LogP contribution in [0, 0.1) is 6.92 Å². The number of amides is 2. The van der Waals surface area contributed by atoms with E-state index in [0.29, 0.717) is 18.0 Å². The highest BCUT2D eigenvalue weighted by molar-refractivity contribution is 5.91. The van der Waals surface area contributed by atoms with Crippen molar-refractivity contribution in [3.05, 3.63) is 96.2 Å². The molecule has 0 saturated heterocycles. The van der Waals surface area contributed by atoms with Crippen molar-refractivity contribution in [1.82, 2.24) is 15.1 Å². The SMILES string of the molecule is COc1ccccc1NC(=O)NCc1cn(-c2ccccc2)nc1-c1ccc(C)cc1. The summed E-state index contributed by atoms with van der Waals surface area (Å²) in [6, 6.07) is 25.1. The number of aryl methyl sites for hydroxylation is 1. The van der Waals surface area contributed by atoms with E-state index < -0.39 is 0 Å². The Kier molecular flexibility index (Phi) is 5.98. The van der Waals surface area contributed by atoms with E-state index in [1.807, 2.05) is 65.5 Å². The Bertz CT molecular complexity index is 1170. The summed E-state index contributed by atoms with van der Waals surface area (Å²) in [7, 11) is 1.57. The highest BCUT2D eigenvalue weighted by Crippen LogP contribution is 2.25. The zero-order valence-electron chi connectivity index (χ0n) is 17.5. The minimum atomic E-state index is -0.313. The fourth-order valence-corrected chi connectivity index (χ4v) is 3.30. The first-order valence-corrected chi connectivity index (χ1v) is 10.0. The summed E-state index contributed by atoms with van der Waals surface area (Å²) in [5.74, 6) is 0.606. The third kappa shape index (κ3) is 4.75. The summed E-state index contributed by atoms with van der Waals surface area (Å²) in [5.41, 5.74) is 5.51. The molecular weight excluding hydrogens is 388 g/mol. The number of hydrogen-bond acceptors (Lipinski definition) is 3. The van der Waals surface area contributed by atoms with Gasteiger partial charge in [0.25, 0.3) is 0 Å². The molecule has 0 aliphatic carbocycles. The van der Waals surface area contributed by atoms with E-state index in [-0.39, 0.29) is 6.03 Å². The van der Waals surface area contributed by atoms with Gasteiger partial charge < -0.3 is 15.4 Å². The molecule has 1 aromatic heterocycles. The lowest BCUT2D eigenvalue weighted by molar-refractivity contribution is 0.251. The first-order valence-electron chi connectivity index (χ1n) is 10.0. The molecule has 6 heteroatoms. The number of urea groups is 1. The molecular formula is C25H24N4O2. The van der Waals surface area contributed by atoms with Crippen molar-refractivity contribution >= 4 is 11.7 Å². The highest BCUT2D eigenvalue weighted by Gasteiger charge is 2.14. The maximum atomic E-state index is 12.5. The van der Waals surface area contributed by atoms with Crippen LogP contribution >= 0.6 is 0 Å². The second kappa shape index (κ2) is 9.17. The molecule has 4 rings (SSSR count). The van der Waals surface area contributed by atoms with Gasteiger partial charge in [0.05, 0.1) is 24.2 Å². The Morgan fingerprint density at radius 1 is 0.968 bits per heavy atom. The van der Waals surface area contributed by atoms with Gasteiger partial charge in [-0.2, -0.15) is 5.10 Å². The number of aromatic nitrogens is 2. The van der Waals surface area contributed by atoms with E-state index in [2.05, 4.69) is 29.7 Å². The van der Waals surface area contributed by atoms with Gasteiger partial charge in [0.15, 0.2) is 0 Å². The average molecular weight is 412 g/mol. The highest BCUT2D eigenvalue weighted by atomic mass is 16.5. The maximum absolute atomic E-state index is 12.5. The molecule has 0 fully saturated rings. The molecule has 0 bridgehead atoms. The number of para-hydroxylation sites is 3. The number of methoxy groups -OCH3 is 1. The van der Waals surface area contributed by atoms with Crippen molar-refractivity contribution in [2.45, 2.75) is 13.5 Å². The molecule has 0 aliphatic heterocycles. The average Bonchev–Trinajstić information content (AvgIpc) is 3.23. The molecule has 0 atom stereocenters. The third-order valence-electron chi connectivity index (χ3n) is 4.93. The Morgan fingerprint density at radius 3 is 2.42 bits per heavy atom. The third-order valence-corrected chi connectivity index (χ3v) is 4.93. The standard InChI is InChI=1S/C25H24N4O2/c1-18-12-14-19(15-13-18)24-20(17-29(28-24)21-8-4-3-5-9-21)16-26-25(30)27-22-10-6-7-11-23(22)31-2/h3-15,17H,16H2,1-2H3,(H2,26,27,30). The van der Waals surface area contributed by atoms with Crippen LogP contribution in [0.5, 0.6) is 5.75 Å². The number of ether oxygens (including phenoxy) is 1. The van der Waals surface area contributed by atoms with E-state index in [1.54, 1.807) is 19.2 Å². The molecule has 6 nitrogen and oxygen atoms in total. The summed E-state index contributed by atoms with van der Waals surface area (Å²) < 4.78 is 7.13. The van der Waals surface area contributed by atoms with Crippen LogP contribution < -0.4 is 15.4 Å². The van der Waals surface area contributed by atoms with Gasteiger partial charge in [-0.05, 0) is 31.2 Å². The van der Waals surface area contributed by atoms with Crippen molar-refractivity contribution in [3.63, 3.8) is 0 Å². The van der Waals surface area contributed by atoms with Crippen LogP contribution in [0.15, 0.2) is 85.1 Å². The number of anilines is 1. The number of benzene rings is 3. The molecule has 156 valence electrons. The van der Waals surface area contributed by atoms with Crippen LogP contribution in [0.4, 0.5) is 10.5 Å². The van der Waals surface area contributed by atoms with E-state index in [0.717, 1.165) is 22.5 Å². The molecule has 0 aliphatic rings. The van der Waals surface area contributed by atoms with Crippen LogP contribution in [0.25, 0.3) is 16.9 Å². The summed E-state index contributed by atoms with van der Waals surface area (Å²) in [6.45, 7) is 2.38. The largest absolute Gasteiger partial charge is 0.495 e. The normalized spacial score (nSPS) is 10.5. The maximum Gasteiger partial charge on any atom is 0.319 e. The van der Waals surface area contributed by atoms with Crippen LogP contribution in [0.3, 0.4) is 0 Å². The van der Waals surface area contributed by atoms with Crippen LogP contribution in [0.1, 0.15) is 11.1 Å². The number of nitrogens with zero attached hydrogens (tertiary/aromatic N) is 2. The number of carbonyl (C=O) groups excluding carboxylic acids is 1. The van der Waals surface area contributed by atoms with Gasteiger partial charge in [-0.1, -0.05) is 60.2 Å². The zero-order valence-corrected chi connectivity index (χ0v) is 17.5. The van der Waals surface area contributed by atoms with Gasteiger partial charge in [-0.3, -0.25) is 0 Å². The molecule has 0 radical (unpaired) electrons. The van der Waals surface area contributed by atoms with E-state index >= 15 is 0 Å². The van der Waals surface area contributed by atoms with Gasteiger partial charge in [0, 0.05) is 23.9 Å². The molecule has 4 aromatic rings. The summed E-state index contributed by atoms with van der Waals surface area (Å²) in [5, 5.41) is 10.6. The smallest absolute Gasteiger partial charge is 0.319 e. The fourth-order valence-electron chi connectivity index (χ4n) is 3.30. The van der Waals surface area contributed by atoms with E-state index in [1.165, 1.54) is 5.56 Å². The van der Waals surface area contributed by atoms with Crippen LogP contribution in [-0.2, 0) is 6.54 Å². The number of carbonyl (C=O) groups is 1. The molecule has 0 spiro atoms. The Labute approximate surface area is 181 Å². The quantitative estimate of drug-likeness (QED) is 0.459. The van der Waals surface area contributed by atoms with Crippen molar-refractivity contribution in [3.8, 4) is 22.7 Å². The topological polar surface area (TPSA) is 68.2 Å². The second-order valence-corrected chi connectivity index (χ2v) is 7.16. The van der Waals surface area contributed by atoms with Gasteiger partial charge in [0.2, 0.25) is 0 Å². The first-order chi connectivity index (χ1) is 15.1. The summed E-state index contributed by atoms with van der Waals surface area (Å²) in [6.07, 6.45) is 1.95. The monoisotopic (exact) mass is 412 g/mol. The van der Waals surface area contributed by atoms with Crippen LogP contribution in [0.2, 0.25) is 0 Å². The second-order valence-electron chi connectivity index (χ2n) is 7.16. The lowest BCUT2D eigenvalue weighted by Gasteiger charge is -2.11. The lowest BCUT2D eigenvalue weighted by Crippen LogP contribution is -2.28. The predicted octanol–water partition coefficient (Wildman–Crippen LogP) is 5.18. The fraction of sp³-hybridized carbons (Fsp3) is 0.120. The lowest BCUT2D eigenvalue weighted by atomic mass is 10.1. The predicted molar refractivity (Wildman–Crippen MR) is 123 cm³/mol. The molecule has 2 amide bonds. The van der Waals surface area contributed by atoms with Crippen molar-refractivity contribution in [1.29, 1.82) is 0 Å². The van der Waals surface area contributed by atoms with Gasteiger partial charge in [0.1, 0.15) is 5.75 Å². The van der Waals surface area contributed by atoms with Crippen molar-refractivity contribution in [2.24, 2.45) is 0 Å². The molecule has 0 saturated carbocycles. The van der Waals surface area contributed by atoms with Crippen LogP contribution in [-0.4, -0.2) is 22.9 Å². The number of rotatable bonds is 6. The summed E-state index contributed by atoms with van der Waals surface area (Å²) in [4.78, 5) is 12.5. The Balaban J connectivity index is 1.57. The molecule has 0 unspecified atom stereocenters. The van der Waals surface area contributed by atoms with Crippen molar-refractivity contribution < 1.29 is 9.53 Å². The first kappa shape index (κ1) is 20.2. The van der Waals surface area contributed by atoms with Gasteiger partial charge in [-0.25, -0.2) is 9.48 Å². The van der Waals surface area contributed by atoms with E-state index in [9.17, 15) is 4.79 Å². The minimum Gasteiger partial charge on any atom is -0.495 e. The van der Waals surface area contributed by atoms with Gasteiger partial charge in [-0.15, -0.1) is 0 Å². The molecule has 2 N–H and O–H groups in total.